The molecule has 1 aromatic heterocycles. The van der Waals surface area contributed by atoms with Crippen LogP contribution in [0, 0.1) is 10.1 Å². The first-order valence-electron chi connectivity index (χ1n) is 7.70. The van der Waals surface area contributed by atoms with Crippen LogP contribution in [0.4, 0.5) is 11.4 Å². The standard InChI is InChI=1S/C18H15N3O5/c1-26-16-7-6-13(21(24)25)10-15(16)19-17(22)11-20-9-8-12-4-2-3-5-14(12)18(20)23/h2-10H,11H2,1H3,(H,19,22). The number of rotatable bonds is 5. The Balaban J connectivity index is 1.86. The van der Waals surface area contributed by atoms with Crippen molar-refractivity contribution in [2.24, 2.45) is 0 Å². The predicted octanol–water partition coefficient (Wildman–Crippen LogP) is 2.56. The lowest BCUT2D eigenvalue weighted by Crippen LogP contribution is -2.27. The first-order valence-corrected chi connectivity index (χ1v) is 7.70. The molecule has 2 aromatic carbocycles. The van der Waals surface area contributed by atoms with Gasteiger partial charge >= 0.3 is 0 Å². The topological polar surface area (TPSA) is 103 Å². The van der Waals surface area contributed by atoms with Gasteiger partial charge in [0.2, 0.25) is 5.91 Å². The zero-order valence-corrected chi connectivity index (χ0v) is 13.8. The van der Waals surface area contributed by atoms with Gasteiger partial charge in [0.05, 0.1) is 17.7 Å². The Morgan fingerprint density at radius 2 is 2.00 bits per heavy atom. The molecular weight excluding hydrogens is 338 g/mol. The van der Waals surface area contributed by atoms with E-state index in [0.717, 1.165) is 5.39 Å². The first kappa shape index (κ1) is 17.2. The summed E-state index contributed by atoms with van der Waals surface area (Å²) in [6.07, 6.45) is 1.54. The summed E-state index contributed by atoms with van der Waals surface area (Å²) in [7, 11) is 1.39. The molecule has 1 heterocycles. The third-order valence-corrected chi connectivity index (χ3v) is 3.87. The maximum absolute atomic E-state index is 12.5. The molecule has 0 atom stereocenters. The molecule has 0 unspecified atom stereocenters. The number of hydrogen-bond donors (Lipinski definition) is 1. The van der Waals surface area contributed by atoms with Crippen molar-refractivity contribution in [3.05, 3.63) is 75.2 Å². The van der Waals surface area contributed by atoms with Crippen LogP contribution in [0.25, 0.3) is 10.8 Å². The Morgan fingerprint density at radius 1 is 1.23 bits per heavy atom. The van der Waals surface area contributed by atoms with E-state index < -0.39 is 10.8 Å². The second-order valence-electron chi connectivity index (χ2n) is 5.53. The molecule has 1 N–H and O–H groups in total. The fourth-order valence-corrected chi connectivity index (χ4v) is 2.61. The lowest BCUT2D eigenvalue weighted by molar-refractivity contribution is -0.384. The van der Waals surface area contributed by atoms with Crippen molar-refractivity contribution in [1.82, 2.24) is 4.57 Å². The number of methoxy groups -OCH3 is 1. The molecule has 0 aliphatic carbocycles. The van der Waals surface area contributed by atoms with Crippen LogP contribution in [-0.2, 0) is 11.3 Å². The van der Waals surface area contributed by atoms with Crippen LogP contribution in [0.5, 0.6) is 5.75 Å². The molecule has 132 valence electrons. The molecule has 8 nitrogen and oxygen atoms in total. The van der Waals surface area contributed by atoms with Gasteiger partial charge in [-0.2, -0.15) is 0 Å². The minimum atomic E-state index is -0.567. The highest BCUT2D eigenvalue weighted by Crippen LogP contribution is 2.28. The molecule has 0 fully saturated rings. The van der Waals surface area contributed by atoms with Gasteiger partial charge < -0.3 is 14.6 Å². The largest absolute Gasteiger partial charge is 0.495 e. The number of aromatic nitrogens is 1. The lowest BCUT2D eigenvalue weighted by Gasteiger charge is -2.11. The van der Waals surface area contributed by atoms with Crippen LogP contribution < -0.4 is 15.6 Å². The number of nitro benzene ring substituents is 1. The van der Waals surface area contributed by atoms with Gasteiger partial charge in [0.15, 0.2) is 0 Å². The highest BCUT2D eigenvalue weighted by Gasteiger charge is 2.14. The predicted molar refractivity (Wildman–Crippen MR) is 96.5 cm³/mol. The van der Waals surface area contributed by atoms with E-state index in [2.05, 4.69) is 5.32 Å². The van der Waals surface area contributed by atoms with Crippen molar-refractivity contribution in [1.29, 1.82) is 0 Å². The van der Waals surface area contributed by atoms with Gasteiger partial charge in [0.25, 0.3) is 11.2 Å². The summed E-state index contributed by atoms with van der Waals surface area (Å²) in [5.41, 5.74) is -0.297. The normalized spacial score (nSPS) is 10.5. The summed E-state index contributed by atoms with van der Waals surface area (Å²) in [4.78, 5) is 35.1. The molecule has 0 spiro atoms. The molecule has 0 aliphatic rings. The number of nitro groups is 1. The van der Waals surface area contributed by atoms with Crippen molar-refractivity contribution in [3.8, 4) is 5.75 Å². The molecule has 8 heteroatoms. The molecule has 0 radical (unpaired) electrons. The van der Waals surface area contributed by atoms with Crippen LogP contribution in [0.15, 0.2) is 59.5 Å². The highest BCUT2D eigenvalue weighted by atomic mass is 16.6. The van der Waals surface area contributed by atoms with E-state index in [1.165, 1.54) is 36.1 Å². The van der Waals surface area contributed by atoms with Gasteiger partial charge in [-0.25, -0.2) is 0 Å². The van der Waals surface area contributed by atoms with Gasteiger partial charge in [-0.3, -0.25) is 19.7 Å². The maximum atomic E-state index is 12.5. The number of carbonyl (C=O) groups excluding carboxylic acids is 1. The molecule has 3 rings (SSSR count). The van der Waals surface area contributed by atoms with Gasteiger partial charge in [-0.05, 0) is 23.6 Å². The summed E-state index contributed by atoms with van der Waals surface area (Å²) in [5, 5.41) is 14.8. The zero-order chi connectivity index (χ0) is 18.7. The van der Waals surface area contributed by atoms with Crippen molar-refractivity contribution < 1.29 is 14.5 Å². The Labute approximate surface area is 147 Å². The van der Waals surface area contributed by atoms with E-state index in [1.807, 2.05) is 12.1 Å². The monoisotopic (exact) mass is 353 g/mol. The van der Waals surface area contributed by atoms with Gasteiger partial charge in [0.1, 0.15) is 12.3 Å². The van der Waals surface area contributed by atoms with E-state index in [0.29, 0.717) is 5.39 Å². The smallest absolute Gasteiger partial charge is 0.271 e. The van der Waals surface area contributed by atoms with Crippen molar-refractivity contribution in [3.63, 3.8) is 0 Å². The van der Waals surface area contributed by atoms with Gasteiger partial charge in [0, 0.05) is 23.7 Å². The molecule has 26 heavy (non-hydrogen) atoms. The van der Waals surface area contributed by atoms with E-state index in [1.54, 1.807) is 18.2 Å². The summed E-state index contributed by atoms with van der Waals surface area (Å²) in [6.45, 7) is -0.227. The number of fused-ring (bicyclic) bond motifs is 1. The number of pyridine rings is 1. The highest BCUT2D eigenvalue weighted by molar-refractivity contribution is 5.93. The van der Waals surface area contributed by atoms with Crippen LogP contribution in [0.3, 0.4) is 0 Å². The number of amides is 1. The lowest BCUT2D eigenvalue weighted by atomic mass is 10.2. The fourth-order valence-electron chi connectivity index (χ4n) is 2.61. The van der Waals surface area contributed by atoms with E-state index in [9.17, 15) is 19.7 Å². The number of nitrogens with zero attached hydrogens (tertiary/aromatic N) is 2. The van der Waals surface area contributed by atoms with E-state index in [4.69, 9.17) is 4.74 Å². The first-order chi connectivity index (χ1) is 12.5. The van der Waals surface area contributed by atoms with Crippen LogP contribution >= 0.6 is 0 Å². The molecule has 0 saturated carbocycles. The molecule has 1 amide bonds. The molecule has 0 saturated heterocycles. The molecule has 0 aliphatic heterocycles. The Hall–Kier alpha value is -3.68. The van der Waals surface area contributed by atoms with Crippen LogP contribution in [0.1, 0.15) is 0 Å². The minimum Gasteiger partial charge on any atom is -0.495 e. The van der Waals surface area contributed by atoms with Gasteiger partial charge in [-0.1, -0.05) is 18.2 Å². The second-order valence-corrected chi connectivity index (χ2v) is 5.53. The number of ether oxygens (including phenoxy) is 1. The van der Waals surface area contributed by atoms with Crippen molar-refractivity contribution in [2.75, 3.05) is 12.4 Å². The number of hydrogen-bond acceptors (Lipinski definition) is 5. The number of anilines is 1. The maximum Gasteiger partial charge on any atom is 0.271 e. The Morgan fingerprint density at radius 3 is 2.73 bits per heavy atom. The van der Waals surface area contributed by atoms with E-state index in [-0.39, 0.29) is 29.2 Å². The number of non-ortho nitro benzene ring substituents is 1. The zero-order valence-electron chi connectivity index (χ0n) is 13.8. The van der Waals surface area contributed by atoms with Gasteiger partial charge in [-0.15, -0.1) is 0 Å². The van der Waals surface area contributed by atoms with Crippen LogP contribution in [-0.4, -0.2) is 22.5 Å². The molecular formula is C18H15N3O5. The average Bonchev–Trinajstić information content (AvgIpc) is 2.64. The Bertz CT molecular complexity index is 1060. The van der Waals surface area contributed by atoms with E-state index >= 15 is 0 Å². The van der Waals surface area contributed by atoms with Crippen molar-refractivity contribution >= 4 is 28.1 Å². The number of benzene rings is 2. The summed E-state index contributed by atoms with van der Waals surface area (Å²) < 4.78 is 6.39. The Kier molecular flexibility index (Phi) is 4.66. The average molecular weight is 353 g/mol. The second kappa shape index (κ2) is 7.06. The van der Waals surface area contributed by atoms with Crippen molar-refractivity contribution in [2.45, 2.75) is 6.54 Å². The fraction of sp³-hybridized carbons (Fsp3) is 0.111. The summed E-state index contributed by atoms with van der Waals surface area (Å²) >= 11 is 0. The third-order valence-electron chi connectivity index (χ3n) is 3.87. The third kappa shape index (κ3) is 3.39. The summed E-state index contributed by atoms with van der Waals surface area (Å²) in [5.74, 6) is -0.212. The number of nitrogens with one attached hydrogen (secondary N) is 1. The van der Waals surface area contributed by atoms with Crippen LogP contribution in [0.2, 0.25) is 0 Å². The number of carbonyl (C=O) groups is 1. The molecule has 0 bridgehead atoms. The minimum absolute atomic E-state index is 0.167. The molecule has 3 aromatic rings. The SMILES string of the molecule is COc1ccc([N+](=O)[O-])cc1NC(=O)Cn1ccc2ccccc2c1=O. The quantitative estimate of drug-likeness (QED) is 0.561. The summed E-state index contributed by atoms with van der Waals surface area (Å²) in [6, 6.07) is 12.7.